The zero-order valence-corrected chi connectivity index (χ0v) is 11.7. The fourth-order valence-corrected chi connectivity index (χ4v) is 2.80. The molecule has 18 heavy (non-hydrogen) atoms. The van der Waals surface area contributed by atoms with Crippen LogP contribution in [-0.4, -0.2) is 30.1 Å². The molecule has 0 amide bonds. The number of anilines is 2. The van der Waals surface area contributed by atoms with Gasteiger partial charge in [0.05, 0.1) is 0 Å². The summed E-state index contributed by atoms with van der Waals surface area (Å²) in [6, 6.07) is 0. The third-order valence-electron chi connectivity index (χ3n) is 4.02. The minimum absolute atomic E-state index is 0.890. The Hall–Kier alpha value is -1.32. The number of hydrogen-bond donors (Lipinski definition) is 1. The van der Waals surface area contributed by atoms with Crippen molar-refractivity contribution in [3.63, 3.8) is 0 Å². The van der Waals surface area contributed by atoms with Gasteiger partial charge in [0.1, 0.15) is 18.0 Å². The molecule has 2 heterocycles. The van der Waals surface area contributed by atoms with E-state index in [1.807, 2.05) is 7.05 Å². The van der Waals surface area contributed by atoms with Crippen molar-refractivity contribution >= 4 is 11.6 Å². The number of aromatic nitrogens is 2. The standard InChI is InChI=1S/C14H24N4/c1-4-12-6-5-8-18(9-7-12)14-11(2)13(15-3)16-10-17-14/h10,12H,4-9H2,1-3H3,(H,15,16,17). The van der Waals surface area contributed by atoms with E-state index in [9.17, 15) is 0 Å². The van der Waals surface area contributed by atoms with Crippen LogP contribution in [-0.2, 0) is 0 Å². The summed E-state index contributed by atoms with van der Waals surface area (Å²) >= 11 is 0. The second kappa shape index (κ2) is 6.03. The van der Waals surface area contributed by atoms with Crippen molar-refractivity contribution < 1.29 is 0 Å². The number of nitrogens with zero attached hydrogens (tertiary/aromatic N) is 3. The summed E-state index contributed by atoms with van der Waals surface area (Å²) in [6.07, 6.45) is 6.89. The summed E-state index contributed by atoms with van der Waals surface area (Å²) < 4.78 is 0. The third kappa shape index (κ3) is 2.74. The van der Waals surface area contributed by atoms with Crippen LogP contribution in [0.5, 0.6) is 0 Å². The van der Waals surface area contributed by atoms with Gasteiger partial charge in [0, 0.05) is 25.7 Å². The molecule has 1 N–H and O–H groups in total. The summed E-state index contributed by atoms with van der Waals surface area (Å²) in [7, 11) is 1.91. The predicted molar refractivity (Wildman–Crippen MR) is 76.2 cm³/mol. The average molecular weight is 248 g/mol. The molecular weight excluding hydrogens is 224 g/mol. The minimum Gasteiger partial charge on any atom is -0.373 e. The lowest BCUT2D eigenvalue weighted by atomic mass is 9.98. The smallest absolute Gasteiger partial charge is 0.137 e. The molecule has 0 spiro atoms. The Morgan fingerprint density at radius 2 is 2.17 bits per heavy atom. The molecule has 1 aliphatic heterocycles. The largest absolute Gasteiger partial charge is 0.373 e. The van der Waals surface area contributed by atoms with Gasteiger partial charge in [-0.1, -0.05) is 13.3 Å². The molecule has 0 bridgehead atoms. The van der Waals surface area contributed by atoms with E-state index in [-0.39, 0.29) is 0 Å². The van der Waals surface area contributed by atoms with E-state index in [2.05, 4.69) is 34.0 Å². The topological polar surface area (TPSA) is 41.1 Å². The third-order valence-corrected chi connectivity index (χ3v) is 4.02. The van der Waals surface area contributed by atoms with Gasteiger partial charge in [0.15, 0.2) is 0 Å². The van der Waals surface area contributed by atoms with Gasteiger partial charge < -0.3 is 10.2 Å². The van der Waals surface area contributed by atoms with Crippen LogP contribution in [0, 0.1) is 12.8 Å². The minimum atomic E-state index is 0.890. The summed E-state index contributed by atoms with van der Waals surface area (Å²) in [5.41, 5.74) is 1.16. The molecule has 0 saturated carbocycles. The first-order valence-corrected chi connectivity index (χ1v) is 7.00. The molecule has 4 heteroatoms. The molecule has 2 rings (SSSR count). The first-order chi connectivity index (χ1) is 8.76. The molecule has 1 atom stereocenters. The molecule has 1 unspecified atom stereocenters. The Morgan fingerprint density at radius 1 is 1.33 bits per heavy atom. The van der Waals surface area contributed by atoms with Crippen LogP contribution in [0.4, 0.5) is 11.6 Å². The van der Waals surface area contributed by atoms with Crippen LogP contribution in [0.2, 0.25) is 0 Å². The second-order valence-corrected chi connectivity index (χ2v) is 5.11. The van der Waals surface area contributed by atoms with Gasteiger partial charge in [-0.3, -0.25) is 0 Å². The van der Waals surface area contributed by atoms with Crippen molar-refractivity contribution in [2.45, 2.75) is 39.5 Å². The molecule has 1 aromatic heterocycles. The van der Waals surface area contributed by atoms with Crippen molar-refractivity contribution in [3.05, 3.63) is 11.9 Å². The molecule has 1 saturated heterocycles. The second-order valence-electron chi connectivity index (χ2n) is 5.11. The van der Waals surface area contributed by atoms with Crippen molar-refractivity contribution in [3.8, 4) is 0 Å². The summed E-state index contributed by atoms with van der Waals surface area (Å²) in [5.74, 6) is 2.93. The molecule has 0 radical (unpaired) electrons. The fraction of sp³-hybridized carbons (Fsp3) is 0.714. The van der Waals surface area contributed by atoms with Crippen LogP contribution in [0.25, 0.3) is 0 Å². The number of nitrogens with one attached hydrogen (secondary N) is 1. The summed E-state index contributed by atoms with van der Waals surface area (Å²) in [4.78, 5) is 11.2. The van der Waals surface area contributed by atoms with Crippen molar-refractivity contribution in [1.82, 2.24) is 9.97 Å². The molecule has 0 aliphatic carbocycles. The van der Waals surface area contributed by atoms with E-state index >= 15 is 0 Å². The van der Waals surface area contributed by atoms with E-state index in [0.717, 1.165) is 36.2 Å². The highest BCUT2D eigenvalue weighted by atomic mass is 15.2. The highest BCUT2D eigenvalue weighted by Crippen LogP contribution is 2.27. The Morgan fingerprint density at radius 3 is 2.89 bits per heavy atom. The summed E-state index contributed by atoms with van der Waals surface area (Å²) in [6.45, 7) is 6.65. The monoisotopic (exact) mass is 248 g/mol. The maximum absolute atomic E-state index is 4.48. The molecule has 0 aromatic carbocycles. The van der Waals surface area contributed by atoms with Crippen LogP contribution < -0.4 is 10.2 Å². The zero-order chi connectivity index (χ0) is 13.0. The van der Waals surface area contributed by atoms with E-state index < -0.39 is 0 Å². The number of rotatable bonds is 3. The molecule has 1 aromatic rings. The lowest BCUT2D eigenvalue weighted by molar-refractivity contribution is 0.459. The molecule has 1 aliphatic rings. The van der Waals surface area contributed by atoms with Crippen molar-refractivity contribution in [2.75, 3.05) is 30.4 Å². The average Bonchev–Trinajstić information content (AvgIpc) is 2.64. The van der Waals surface area contributed by atoms with E-state index in [0.29, 0.717) is 0 Å². The van der Waals surface area contributed by atoms with Gasteiger partial charge >= 0.3 is 0 Å². The Kier molecular flexibility index (Phi) is 4.39. The van der Waals surface area contributed by atoms with Gasteiger partial charge in [-0.15, -0.1) is 0 Å². The van der Waals surface area contributed by atoms with E-state index in [1.165, 1.54) is 25.7 Å². The first kappa shape index (κ1) is 13.1. The highest BCUT2D eigenvalue weighted by molar-refractivity contribution is 5.57. The maximum Gasteiger partial charge on any atom is 0.137 e. The highest BCUT2D eigenvalue weighted by Gasteiger charge is 2.19. The van der Waals surface area contributed by atoms with Crippen molar-refractivity contribution in [1.29, 1.82) is 0 Å². The SMILES string of the molecule is CCC1CCCN(c2ncnc(NC)c2C)CC1. The lowest BCUT2D eigenvalue weighted by Gasteiger charge is -2.24. The van der Waals surface area contributed by atoms with E-state index in [4.69, 9.17) is 0 Å². The zero-order valence-electron chi connectivity index (χ0n) is 11.7. The van der Waals surface area contributed by atoms with Gasteiger partial charge in [-0.05, 0) is 32.1 Å². The van der Waals surface area contributed by atoms with Crippen LogP contribution in [0.1, 0.15) is 38.2 Å². The lowest BCUT2D eigenvalue weighted by Crippen LogP contribution is -2.26. The molecule has 4 nitrogen and oxygen atoms in total. The van der Waals surface area contributed by atoms with Crippen LogP contribution in [0.15, 0.2) is 6.33 Å². The van der Waals surface area contributed by atoms with Crippen LogP contribution in [0.3, 0.4) is 0 Å². The Bertz CT molecular complexity index is 391. The molecular formula is C14H24N4. The Balaban J connectivity index is 2.16. The quantitative estimate of drug-likeness (QED) is 0.893. The summed E-state index contributed by atoms with van der Waals surface area (Å²) in [5, 5.41) is 3.13. The Labute approximate surface area is 110 Å². The van der Waals surface area contributed by atoms with Gasteiger partial charge in [0.2, 0.25) is 0 Å². The number of hydrogen-bond acceptors (Lipinski definition) is 4. The fourth-order valence-electron chi connectivity index (χ4n) is 2.80. The molecule has 1 fully saturated rings. The van der Waals surface area contributed by atoms with Gasteiger partial charge in [0.25, 0.3) is 0 Å². The molecule has 100 valence electrons. The maximum atomic E-state index is 4.48. The van der Waals surface area contributed by atoms with Gasteiger partial charge in [-0.2, -0.15) is 0 Å². The van der Waals surface area contributed by atoms with Gasteiger partial charge in [-0.25, -0.2) is 9.97 Å². The normalized spacial score (nSPS) is 20.6. The van der Waals surface area contributed by atoms with Crippen molar-refractivity contribution in [2.24, 2.45) is 5.92 Å². The van der Waals surface area contributed by atoms with E-state index in [1.54, 1.807) is 6.33 Å². The van der Waals surface area contributed by atoms with Crippen LogP contribution >= 0.6 is 0 Å². The first-order valence-electron chi connectivity index (χ1n) is 7.00. The predicted octanol–water partition coefficient (Wildman–Crippen LogP) is 2.84.